The molecule has 0 spiro atoms. The third-order valence-corrected chi connectivity index (χ3v) is 2.46. The number of carbonyl (C=O) groups excluding carboxylic acids is 1. The maximum atomic E-state index is 12.7. The largest absolute Gasteiger partial charge is 0.443 e. The second kappa shape index (κ2) is 4.50. The summed E-state index contributed by atoms with van der Waals surface area (Å²) in [6.07, 6.45) is -3.17. The maximum Gasteiger partial charge on any atom is 0.419 e. The average Bonchev–Trinajstić information content (AvgIpc) is 2.67. The quantitative estimate of drug-likeness (QED) is 0.739. The predicted octanol–water partition coefficient (Wildman–Crippen LogP) is 3.84. The number of ether oxygens (including phenoxy) is 1. The van der Waals surface area contributed by atoms with Crippen LogP contribution in [-0.2, 0) is 10.9 Å². The molecule has 2 rings (SSSR count). The normalized spacial score (nSPS) is 12.7. The summed E-state index contributed by atoms with van der Waals surface area (Å²) in [6, 6.07) is 2.34. The number of rotatable bonds is 0. The van der Waals surface area contributed by atoms with Gasteiger partial charge in [-0.3, -0.25) is 9.55 Å². The van der Waals surface area contributed by atoms with Crippen molar-refractivity contribution in [1.82, 2.24) is 9.55 Å². The minimum absolute atomic E-state index is 0.0640. The second-order valence-corrected chi connectivity index (χ2v) is 5.29. The summed E-state index contributed by atoms with van der Waals surface area (Å²) in [5.41, 5.74) is -1.28. The molecule has 0 fully saturated rings. The van der Waals surface area contributed by atoms with Gasteiger partial charge >= 0.3 is 12.3 Å². The first-order valence-electron chi connectivity index (χ1n) is 5.85. The topological polar surface area (TPSA) is 44.1 Å². The smallest absolute Gasteiger partial charge is 0.419 e. The summed E-state index contributed by atoms with van der Waals surface area (Å²) in [7, 11) is 0. The first-order valence-corrected chi connectivity index (χ1v) is 5.85. The van der Waals surface area contributed by atoms with Crippen LogP contribution in [0.15, 0.2) is 24.5 Å². The molecule has 4 nitrogen and oxygen atoms in total. The van der Waals surface area contributed by atoms with E-state index in [9.17, 15) is 18.0 Å². The van der Waals surface area contributed by atoms with E-state index in [1.807, 2.05) is 0 Å². The second-order valence-electron chi connectivity index (χ2n) is 5.29. The summed E-state index contributed by atoms with van der Waals surface area (Å²) in [5.74, 6) is 0. The van der Waals surface area contributed by atoms with Crippen molar-refractivity contribution in [3.8, 4) is 0 Å². The molecule has 0 N–H and O–H groups in total. The molecule has 20 heavy (non-hydrogen) atoms. The Labute approximate surface area is 113 Å². The van der Waals surface area contributed by atoms with Crippen molar-refractivity contribution in [1.29, 1.82) is 0 Å². The number of pyridine rings is 1. The number of hydrogen-bond donors (Lipinski definition) is 0. The van der Waals surface area contributed by atoms with Crippen molar-refractivity contribution < 1.29 is 22.7 Å². The standard InChI is InChI=1S/C13H13F3N2O2/c1-12(2,3)20-11(19)18-5-4-9-10(18)6-8(7-17-9)13(14,15)16/h4-7H,1-3H3. The molecule has 0 bridgehead atoms. The molecule has 0 aromatic carbocycles. The first-order chi connectivity index (χ1) is 9.08. The molecule has 0 saturated carbocycles. The van der Waals surface area contributed by atoms with Crippen LogP contribution in [0.25, 0.3) is 11.0 Å². The van der Waals surface area contributed by atoms with E-state index in [1.54, 1.807) is 20.8 Å². The van der Waals surface area contributed by atoms with Gasteiger partial charge in [0.25, 0.3) is 0 Å². The number of aromatic nitrogens is 2. The number of alkyl halides is 3. The minimum atomic E-state index is -4.51. The van der Waals surface area contributed by atoms with Crippen LogP contribution in [0.5, 0.6) is 0 Å². The predicted molar refractivity (Wildman–Crippen MR) is 66.4 cm³/mol. The van der Waals surface area contributed by atoms with Crippen LogP contribution in [0.2, 0.25) is 0 Å². The van der Waals surface area contributed by atoms with E-state index in [1.165, 1.54) is 12.3 Å². The molecule has 7 heteroatoms. The highest BCUT2D eigenvalue weighted by molar-refractivity contribution is 5.87. The summed E-state index contributed by atoms with van der Waals surface area (Å²) < 4.78 is 44.1. The fraction of sp³-hybridized carbons (Fsp3) is 0.385. The Morgan fingerprint density at radius 3 is 2.50 bits per heavy atom. The van der Waals surface area contributed by atoms with E-state index < -0.39 is 23.4 Å². The Balaban J connectivity index is 2.47. The molecule has 0 aliphatic rings. The zero-order valence-electron chi connectivity index (χ0n) is 11.2. The lowest BCUT2D eigenvalue weighted by Crippen LogP contribution is -2.26. The van der Waals surface area contributed by atoms with Crippen molar-refractivity contribution in [3.05, 3.63) is 30.1 Å². The average molecular weight is 286 g/mol. The van der Waals surface area contributed by atoms with E-state index in [2.05, 4.69) is 4.98 Å². The van der Waals surface area contributed by atoms with Crippen LogP contribution in [0.1, 0.15) is 26.3 Å². The number of halogens is 3. The third kappa shape index (κ3) is 2.92. The maximum absolute atomic E-state index is 12.7. The van der Waals surface area contributed by atoms with Crippen LogP contribution in [0.4, 0.5) is 18.0 Å². The highest BCUT2D eigenvalue weighted by atomic mass is 19.4. The molecule has 108 valence electrons. The summed E-state index contributed by atoms with van der Waals surface area (Å²) in [4.78, 5) is 15.6. The van der Waals surface area contributed by atoms with Crippen LogP contribution in [0.3, 0.4) is 0 Å². The molecule has 2 aromatic rings. The Kier molecular flexibility index (Phi) is 3.23. The van der Waals surface area contributed by atoms with Crippen LogP contribution >= 0.6 is 0 Å². The van der Waals surface area contributed by atoms with E-state index >= 15 is 0 Å². The van der Waals surface area contributed by atoms with Gasteiger partial charge in [-0.2, -0.15) is 13.2 Å². The van der Waals surface area contributed by atoms with Crippen LogP contribution < -0.4 is 0 Å². The van der Waals surface area contributed by atoms with E-state index in [0.29, 0.717) is 5.52 Å². The first kappa shape index (κ1) is 14.4. The van der Waals surface area contributed by atoms with Gasteiger partial charge in [0.2, 0.25) is 0 Å². The van der Waals surface area contributed by atoms with Crippen molar-refractivity contribution in [2.75, 3.05) is 0 Å². The van der Waals surface area contributed by atoms with E-state index in [0.717, 1.165) is 16.8 Å². The molecule has 0 unspecified atom stereocenters. The third-order valence-electron chi connectivity index (χ3n) is 2.46. The molecule has 0 aliphatic heterocycles. The van der Waals surface area contributed by atoms with Gasteiger partial charge in [-0.05, 0) is 32.9 Å². The lowest BCUT2D eigenvalue weighted by atomic mass is 10.2. The van der Waals surface area contributed by atoms with E-state index in [-0.39, 0.29) is 5.52 Å². The molecule has 0 radical (unpaired) electrons. The van der Waals surface area contributed by atoms with Gasteiger partial charge in [-0.25, -0.2) is 4.79 Å². The van der Waals surface area contributed by atoms with Crippen molar-refractivity contribution >= 4 is 17.1 Å². The number of carbonyl (C=O) groups is 1. The fourth-order valence-corrected chi connectivity index (χ4v) is 1.64. The van der Waals surface area contributed by atoms with Crippen LogP contribution in [-0.4, -0.2) is 21.2 Å². The number of nitrogens with zero attached hydrogens (tertiary/aromatic N) is 2. The monoisotopic (exact) mass is 286 g/mol. The summed E-state index contributed by atoms with van der Waals surface area (Å²) in [6.45, 7) is 5.03. The molecule has 0 atom stereocenters. The number of fused-ring (bicyclic) bond motifs is 1. The highest BCUT2D eigenvalue weighted by Crippen LogP contribution is 2.30. The molecule has 0 amide bonds. The molecular formula is C13H13F3N2O2. The van der Waals surface area contributed by atoms with Gasteiger partial charge in [-0.1, -0.05) is 0 Å². The fourth-order valence-electron chi connectivity index (χ4n) is 1.64. The molecule has 0 saturated heterocycles. The van der Waals surface area contributed by atoms with Crippen molar-refractivity contribution in [2.24, 2.45) is 0 Å². The molecule has 2 aromatic heterocycles. The van der Waals surface area contributed by atoms with Gasteiger partial charge in [-0.15, -0.1) is 0 Å². The van der Waals surface area contributed by atoms with Gasteiger partial charge in [0, 0.05) is 12.4 Å². The van der Waals surface area contributed by atoms with Crippen molar-refractivity contribution in [2.45, 2.75) is 32.5 Å². The SMILES string of the molecule is CC(C)(C)OC(=O)n1ccc2ncc(C(F)(F)F)cc21. The Hall–Kier alpha value is -2.05. The van der Waals surface area contributed by atoms with Gasteiger partial charge in [0.05, 0.1) is 16.6 Å². The lowest BCUT2D eigenvalue weighted by Gasteiger charge is -2.19. The Morgan fingerprint density at radius 2 is 1.95 bits per heavy atom. The molecule has 2 heterocycles. The molecule has 0 aliphatic carbocycles. The number of hydrogen-bond acceptors (Lipinski definition) is 3. The van der Waals surface area contributed by atoms with Gasteiger partial charge in [0.1, 0.15) is 5.60 Å². The van der Waals surface area contributed by atoms with Crippen LogP contribution in [0, 0.1) is 0 Å². The Bertz CT molecular complexity index is 654. The zero-order valence-corrected chi connectivity index (χ0v) is 11.2. The summed E-state index contributed by atoms with van der Waals surface area (Å²) in [5, 5.41) is 0. The zero-order chi connectivity index (χ0) is 15.1. The van der Waals surface area contributed by atoms with Gasteiger partial charge in [0.15, 0.2) is 0 Å². The minimum Gasteiger partial charge on any atom is -0.443 e. The summed E-state index contributed by atoms with van der Waals surface area (Å²) >= 11 is 0. The van der Waals surface area contributed by atoms with Gasteiger partial charge < -0.3 is 4.74 Å². The van der Waals surface area contributed by atoms with E-state index in [4.69, 9.17) is 4.74 Å². The highest BCUT2D eigenvalue weighted by Gasteiger charge is 2.31. The van der Waals surface area contributed by atoms with Crippen molar-refractivity contribution in [3.63, 3.8) is 0 Å². The lowest BCUT2D eigenvalue weighted by molar-refractivity contribution is -0.137. The Morgan fingerprint density at radius 1 is 1.30 bits per heavy atom. The molecular weight excluding hydrogens is 273 g/mol.